The number of fused-ring (bicyclic) bond motifs is 1. The number of aromatic hydroxyl groups is 1. The van der Waals surface area contributed by atoms with E-state index in [9.17, 15) is 14.7 Å². The summed E-state index contributed by atoms with van der Waals surface area (Å²) in [7, 11) is 0. The predicted molar refractivity (Wildman–Crippen MR) is 137 cm³/mol. The molecule has 0 unspecified atom stereocenters. The van der Waals surface area contributed by atoms with E-state index < -0.39 is 6.16 Å². The third-order valence-corrected chi connectivity index (χ3v) is 6.11. The van der Waals surface area contributed by atoms with Crippen LogP contribution >= 0.6 is 0 Å². The van der Waals surface area contributed by atoms with Crippen molar-refractivity contribution in [2.75, 3.05) is 0 Å². The van der Waals surface area contributed by atoms with Crippen molar-refractivity contribution in [2.45, 2.75) is 79.9 Å². The molecule has 0 aliphatic carbocycles. The van der Waals surface area contributed by atoms with Crippen molar-refractivity contribution in [3.63, 3.8) is 0 Å². The Hall–Kier alpha value is -3.28. The first-order valence-corrected chi connectivity index (χ1v) is 12.0. The highest BCUT2D eigenvalue weighted by Crippen LogP contribution is 2.38. The van der Waals surface area contributed by atoms with Gasteiger partial charge in [-0.15, -0.1) is 0 Å². The summed E-state index contributed by atoms with van der Waals surface area (Å²) in [4.78, 5) is 24.1. The molecule has 184 valence electrons. The predicted octanol–water partition coefficient (Wildman–Crippen LogP) is 6.71. The highest BCUT2D eigenvalue weighted by Gasteiger charge is 2.27. The first kappa shape index (κ1) is 27.0. The molecule has 0 amide bonds. The minimum atomic E-state index is -1.40. The largest absolute Gasteiger partial charge is 0.508 e. The van der Waals surface area contributed by atoms with E-state index in [1.54, 1.807) is 16.7 Å². The second-order valence-electron chi connectivity index (χ2n) is 8.52. The molecule has 2 heterocycles. The molecule has 0 saturated carbocycles. The number of unbranched alkanes of at least 4 members (excludes halogenated alkanes) is 1. The molecular weight excluding hydrogens is 430 g/mol. The average molecular weight is 468 g/mol. The number of carbonyl (C=O) groups is 1. The zero-order valence-electron chi connectivity index (χ0n) is 21.0. The molecule has 0 atom stereocenters. The summed E-state index contributed by atoms with van der Waals surface area (Å²) in [5.41, 5.74) is 6.45. The SMILES string of the molecule is C=C1/C(=C(/CC)c2cc(O)ccc2C)Cn2c1cc(CCC)c(COC(=O)O)c2=O.CCCC. The number of aromatic nitrogens is 1. The van der Waals surface area contributed by atoms with Gasteiger partial charge in [-0.25, -0.2) is 4.79 Å². The van der Waals surface area contributed by atoms with E-state index in [2.05, 4.69) is 20.4 Å². The van der Waals surface area contributed by atoms with Crippen LogP contribution in [-0.4, -0.2) is 20.9 Å². The second kappa shape index (κ2) is 12.3. The molecule has 6 heteroatoms. The van der Waals surface area contributed by atoms with E-state index in [-0.39, 0.29) is 17.9 Å². The number of hydrogen-bond donors (Lipinski definition) is 2. The normalized spacial score (nSPS) is 13.7. The van der Waals surface area contributed by atoms with E-state index in [1.807, 2.05) is 32.9 Å². The molecule has 2 N–H and O–H groups in total. The first-order valence-electron chi connectivity index (χ1n) is 12.0. The molecule has 1 aliphatic heterocycles. The Labute approximate surface area is 202 Å². The van der Waals surface area contributed by atoms with Crippen LogP contribution in [-0.2, 0) is 24.3 Å². The van der Waals surface area contributed by atoms with Gasteiger partial charge in [0, 0.05) is 0 Å². The fourth-order valence-corrected chi connectivity index (χ4v) is 4.11. The monoisotopic (exact) mass is 467 g/mol. The smallest absolute Gasteiger partial charge is 0.506 e. The number of benzene rings is 1. The summed E-state index contributed by atoms with van der Waals surface area (Å²) in [6, 6.07) is 7.21. The number of phenols is 1. The minimum absolute atomic E-state index is 0.193. The van der Waals surface area contributed by atoms with Crippen LogP contribution in [0.1, 0.15) is 81.3 Å². The molecule has 34 heavy (non-hydrogen) atoms. The molecule has 0 saturated heterocycles. The van der Waals surface area contributed by atoms with Gasteiger partial charge in [0.2, 0.25) is 0 Å². The summed E-state index contributed by atoms with van der Waals surface area (Å²) in [5, 5.41) is 18.9. The highest BCUT2D eigenvalue weighted by molar-refractivity contribution is 5.90. The van der Waals surface area contributed by atoms with Gasteiger partial charge in [0.15, 0.2) is 0 Å². The van der Waals surface area contributed by atoms with Gasteiger partial charge in [-0.2, -0.15) is 0 Å². The fourth-order valence-electron chi connectivity index (χ4n) is 4.11. The van der Waals surface area contributed by atoms with Gasteiger partial charge in [0.25, 0.3) is 5.56 Å². The highest BCUT2D eigenvalue weighted by atomic mass is 16.7. The van der Waals surface area contributed by atoms with Crippen LogP contribution in [0, 0.1) is 6.92 Å². The van der Waals surface area contributed by atoms with Crippen molar-refractivity contribution in [3.05, 3.63) is 74.7 Å². The number of pyridine rings is 1. The summed E-state index contributed by atoms with van der Waals surface area (Å²) in [6.07, 6.45) is 3.43. The van der Waals surface area contributed by atoms with Crippen molar-refractivity contribution in [2.24, 2.45) is 0 Å². The van der Waals surface area contributed by atoms with Crippen LogP contribution in [0.25, 0.3) is 11.1 Å². The van der Waals surface area contributed by atoms with Gasteiger partial charge in [-0.05, 0) is 71.4 Å². The lowest BCUT2D eigenvalue weighted by Crippen LogP contribution is -2.26. The molecule has 1 aromatic heterocycles. The van der Waals surface area contributed by atoms with Crippen LogP contribution in [0.4, 0.5) is 4.79 Å². The molecule has 0 radical (unpaired) electrons. The van der Waals surface area contributed by atoms with Crippen LogP contribution in [0.3, 0.4) is 0 Å². The number of phenolic OH excluding ortho intramolecular Hbond substituents is 1. The number of allylic oxidation sites excluding steroid dienone is 3. The standard InChI is InChI=1S/C24H27NO5.C4H10/c1-5-7-16-10-22-15(4)20(12-25(22)23(27)21(16)13-30-24(28)29)18(6-2)19-11-17(26)9-8-14(19)3;1-3-4-2/h8-11,26H,4-7,12-13H2,1-3H3,(H,28,29);3-4H2,1-2H3/b20-18-;. The average Bonchev–Trinajstić information content (AvgIpc) is 3.13. The molecule has 0 spiro atoms. The van der Waals surface area contributed by atoms with E-state index in [0.717, 1.165) is 51.9 Å². The number of carboxylic acid groups (broad SMARTS) is 1. The first-order chi connectivity index (χ1) is 16.2. The maximum absolute atomic E-state index is 13.2. The van der Waals surface area contributed by atoms with E-state index in [4.69, 9.17) is 9.84 Å². The third kappa shape index (κ3) is 5.99. The number of hydrogen-bond acceptors (Lipinski definition) is 4. The Balaban J connectivity index is 0.000000945. The lowest BCUT2D eigenvalue weighted by atomic mass is 9.91. The van der Waals surface area contributed by atoms with Crippen molar-refractivity contribution in [1.82, 2.24) is 4.57 Å². The molecule has 0 fully saturated rings. The topological polar surface area (TPSA) is 88.8 Å². The summed E-state index contributed by atoms with van der Waals surface area (Å²) in [5.74, 6) is 0.193. The molecule has 2 aromatic rings. The number of nitrogens with zero attached hydrogens (tertiary/aromatic N) is 1. The molecule has 3 rings (SSSR count). The number of rotatable bonds is 7. The molecular formula is C28H37NO5. The summed E-state index contributed by atoms with van der Waals surface area (Å²) >= 11 is 0. The van der Waals surface area contributed by atoms with Gasteiger partial charge >= 0.3 is 6.16 Å². The Morgan fingerprint density at radius 3 is 2.35 bits per heavy atom. The van der Waals surface area contributed by atoms with Gasteiger partial charge < -0.3 is 19.5 Å². The van der Waals surface area contributed by atoms with Crippen LogP contribution < -0.4 is 5.56 Å². The zero-order chi connectivity index (χ0) is 25.4. The number of aryl methyl sites for hydroxylation is 2. The Morgan fingerprint density at radius 2 is 1.79 bits per heavy atom. The van der Waals surface area contributed by atoms with Gasteiger partial charge in [0.05, 0.1) is 17.8 Å². The molecule has 1 aliphatic rings. The van der Waals surface area contributed by atoms with Gasteiger partial charge in [0.1, 0.15) is 12.4 Å². The van der Waals surface area contributed by atoms with Crippen molar-refractivity contribution < 1.29 is 19.7 Å². The maximum atomic E-state index is 13.2. The lowest BCUT2D eigenvalue weighted by Gasteiger charge is -2.13. The zero-order valence-corrected chi connectivity index (χ0v) is 21.0. The maximum Gasteiger partial charge on any atom is 0.506 e. The Morgan fingerprint density at radius 1 is 1.12 bits per heavy atom. The van der Waals surface area contributed by atoms with Crippen molar-refractivity contribution in [1.29, 1.82) is 0 Å². The van der Waals surface area contributed by atoms with Crippen LogP contribution in [0.5, 0.6) is 5.75 Å². The molecule has 1 aromatic carbocycles. The Bertz CT molecular complexity index is 1140. The van der Waals surface area contributed by atoms with E-state index in [0.29, 0.717) is 18.5 Å². The van der Waals surface area contributed by atoms with E-state index >= 15 is 0 Å². The van der Waals surface area contributed by atoms with Crippen LogP contribution in [0.15, 0.2) is 41.2 Å². The molecule has 6 nitrogen and oxygen atoms in total. The second-order valence-corrected chi connectivity index (χ2v) is 8.52. The van der Waals surface area contributed by atoms with Crippen molar-refractivity contribution >= 4 is 17.3 Å². The number of ether oxygens (including phenoxy) is 1. The fraction of sp³-hybridized carbons (Fsp3) is 0.429. The lowest BCUT2D eigenvalue weighted by molar-refractivity contribution is 0.0847. The summed E-state index contributed by atoms with van der Waals surface area (Å²) in [6.45, 7) is 14.8. The minimum Gasteiger partial charge on any atom is -0.508 e. The summed E-state index contributed by atoms with van der Waals surface area (Å²) < 4.78 is 6.36. The molecule has 0 bridgehead atoms. The van der Waals surface area contributed by atoms with Gasteiger partial charge in [-0.3, -0.25) is 4.79 Å². The third-order valence-electron chi connectivity index (χ3n) is 6.11. The Kier molecular flexibility index (Phi) is 9.72. The quantitative estimate of drug-likeness (QED) is 0.442. The van der Waals surface area contributed by atoms with Crippen LogP contribution in [0.2, 0.25) is 0 Å². The van der Waals surface area contributed by atoms with Gasteiger partial charge in [-0.1, -0.05) is 59.6 Å². The van der Waals surface area contributed by atoms with Crippen molar-refractivity contribution in [3.8, 4) is 5.75 Å². The van der Waals surface area contributed by atoms with E-state index in [1.165, 1.54) is 12.8 Å².